The standard InChI is InChI=1S/C14H20ClN/c1-3-7-16-14(13-8-10(13)2)11-5-4-6-12(15)9-11/h4-6,9-10,13-14,16H,3,7-8H2,1-2H3. The van der Waals surface area contributed by atoms with Crippen LogP contribution in [-0.2, 0) is 0 Å². The van der Waals surface area contributed by atoms with Gasteiger partial charge in [0.2, 0.25) is 0 Å². The van der Waals surface area contributed by atoms with Gasteiger partial charge in [-0.1, -0.05) is 37.6 Å². The third kappa shape index (κ3) is 2.78. The van der Waals surface area contributed by atoms with E-state index in [9.17, 15) is 0 Å². The van der Waals surface area contributed by atoms with Gasteiger partial charge in [0.1, 0.15) is 0 Å². The number of hydrogen-bond donors (Lipinski definition) is 1. The Morgan fingerprint density at radius 3 is 2.81 bits per heavy atom. The van der Waals surface area contributed by atoms with Crippen molar-refractivity contribution in [2.75, 3.05) is 6.54 Å². The van der Waals surface area contributed by atoms with Crippen LogP contribution in [0.3, 0.4) is 0 Å². The third-order valence-corrected chi connectivity index (χ3v) is 3.66. The van der Waals surface area contributed by atoms with Crippen molar-refractivity contribution in [2.45, 2.75) is 32.7 Å². The molecule has 0 radical (unpaired) electrons. The smallest absolute Gasteiger partial charge is 0.0409 e. The highest BCUT2D eigenvalue weighted by Crippen LogP contribution is 2.47. The highest BCUT2D eigenvalue weighted by Gasteiger charge is 2.39. The quantitative estimate of drug-likeness (QED) is 0.815. The Morgan fingerprint density at radius 1 is 1.50 bits per heavy atom. The zero-order valence-electron chi connectivity index (χ0n) is 10.0. The Labute approximate surface area is 103 Å². The van der Waals surface area contributed by atoms with Gasteiger partial charge in [-0.15, -0.1) is 0 Å². The van der Waals surface area contributed by atoms with E-state index >= 15 is 0 Å². The number of halogens is 1. The van der Waals surface area contributed by atoms with Crippen LogP contribution in [0.2, 0.25) is 5.02 Å². The predicted molar refractivity (Wildman–Crippen MR) is 69.8 cm³/mol. The highest BCUT2D eigenvalue weighted by atomic mass is 35.5. The summed E-state index contributed by atoms with van der Waals surface area (Å²) in [4.78, 5) is 0. The van der Waals surface area contributed by atoms with Crippen LogP contribution in [0, 0.1) is 11.8 Å². The lowest BCUT2D eigenvalue weighted by Gasteiger charge is -2.19. The van der Waals surface area contributed by atoms with Crippen molar-refractivity contribution >= 4 is 11.6 Å². The number of hydrogen-bond acceptors (Lipinski definition) is 1. The van der Waals surface area contributed by atoms with E-state index in [0.29, 0.717) is 6.04 Å². The fraction of sp³-hybridized carbons (Fsp3) is 0.571. The van der Waals surface area contributed by atoms with E-state index in [-0.39, 0.29) is 0 Å². The monoisotopic (exact) mass is 237 g/mol. The summed E-state index contributed by atoms with van der Waals surface area (Å²) < 4.78 is 0. The average molecular weight is 238 g/mol. The first-order chi connectivity index (χ1) is 7.72. The fourth-order valence-electron chi connectivity index (χ4n) is 2.33. The van der Waals surface area contributed by atoms with Gasteiger partial charge in [-0.3, -0.25) is 0 Å². The summed E-state index contributed by atoms with van der Waals surface area (Å²) in [5.74, 6) is 1.65. The molecule has 0 bridgehead atoms. The van der Waals surface area contributed by atoms with Crippen molar-refractivity contribution < 1.29 is 0 Å². The van der Waals surface area contributed by atoms with Gasteiger partial charge in [0.25, 0.3) is 0 Å². The van der Waals surface area contributed by atoms with E-state index in [1.807, 2.05) is 12.1 Å². The van der Waals surface area contributed by atoms with Crippen LogP contribution in [-0.4, -0.2) is 6.54 Å². The Morgan fingerprint density at radius 2 is 2.25 bits per heavy atom. The second-order valence-corrected chi connectivity index (χ2v) is 5.30. The molecule has 1 aromatic carbocycles. The molecule has 3 unspecified atom stereocenters. The molecule has 16 heavy (non-hydrogen) atoms. The maximum absolute atomic E-state index is 6.06. The van der Waals surface area contributed by atoms with Crippen LogP contribution in [0.1, 0.15) is 38.3 Å². The minimum Gasteiger partial charge on any atom is -0.310 e. The molecule has 0 amide bonds. The number of rotatable bonds is 5. The van der Waals surface area contributed by atoms with Crippen molar-refractivity contribution in [3.05, 3.63) is 34.9 Å². The summed E-state index contributed by atoms with van der Waals surface area (Å²) in [7, 11) is 0. The second kappa shape index (κ2) is 5.20. The van der Waals surface area contributed by atoms with Crippen molar-refractivity contribution in [1.82, 2.24) is 5.32 Å². The van der Waals surface area contributed by atoms with Gasteiger partial charge in [-0.05, 0) is 48.9 Å². The lowest BCUT2D eigenvalue weighted by molar-refractivity contribution is 0.463. The largest absolute Gasteiger partial charge is 0.310 e. The van der Waals surface area contributed by atoms with Gasteiger partial charge < -0.3 is 5.32 Å². The minimum absolute atomic E-state index is 0.494. The van der Waals surface area contributed by atoms with Gasteiger partial charge in [-0.2, -0.15) is 0 Å². The Kier molecular flexibility index (Phi) is 3.88. The molecule has 0 saturated heterocycles. The highest BCUT2D eigenvalue weighted by molar-refractivity contribution is 6.30. The first-order valence-corrected chi connectivity index (χ1v) is 6.59. The molecule has 0 aliphatic heterocycles. The molecule has 2 heteroatoms. The number of nitrogens with one attached hydrogen (secondary N) is 1. The van der Waals surface area contributed by atoms with Gasteiger partial charge in [0.15, 0.2) is 0 Å². The van der Waals surface area contributed by atoms with E-state index in [4.69, 9.17) is 11.6 Å². The summed E-state index contributed by atoms with van der Waals surface area (Å²) in [6, 6.07) is 8.77. The summed E-state index contributed by atoms with van der Waals surface area (Å²) in [6.45, 7) is 5.62. The molecule has 1 saturated carbocycles. The molecule has 1 aliphatic carbocycles. The summed E-state index contributed by atoms with van der Waals surface area (Å²) in [5.41, 5.74) is 1.34. The topological polar surface area (TPSA) is 12.0 Å². The maximum Gasteiger partial charge on any atom is 0.0409 e. The molecular formula is C14H20ClN. The summed E-state index contributed by atoms with van der Waals surface area (Å²) >= 11 is 6.06. The maximum atomic E-state index is 6.06. The molecule has 3 atom stereocenters. The SMILES string of the molecule is CCCNC(c1cccc(Cl)c1)C1CC1C. The van der Waals surface area contributed by atoms with Gasteiger partial charge in [0, 0.05) is 11.1 Å². The van der Waals surface area contributed by atoms with Gasteiger partial charge in [0.05, 0.1) is 0 Å². The molecule has 1 N–H and O–H groups in total. The normalized spacial score (nSPS) is 25.4. The first-order valence-electron chi connectivity index (χ1n) is 6.21. The molecule has 1 aliphatic rings. The van der Waals surface area contributed by atoms with E-state index < -0.39 is 0 Å². The Bertz CT molecular complexity index is 350. The second-order valence-electron chi connectivity index (χ2n) is 4.86. The van der Waals surface area contributed by atoms with Gasteiger partial charge >= 0.3 is 0 Å². The van der Waals surface area contributed by atoms with E-state index in [1.165, 1.54) is 18.4 Å². The Balaban J connectivity index is 2.11. The van der Waals surface area contributed by atoms with Crippen LogP contribution < -0.4 is 5.32 Å². The van der Waals surface area contributed by atoms with Crippen molar-refractivity contribution in [3.63, 3.8) is 0 Å². The molecular weight excluding hydrogens is 218 g/mol. The molecule has 88 valence electrons. The first kappa shape index (κ1) is 11.9. The van der Waals surface area contributed by atoms with E-state index in [2.05, 4.69) is 31.3 Å². The summed E-state index contributed by atoms with van der Waals surface area (Å²) in [6.07, 6.45) is 2.52. The molecule has 2 rings (SSSR count). The van der Waals surface area contributed by atoms with Crippen LogP contribution in [0.4, 0.5) is 0 Å². The average Bonchev–Trinajstić information content (AvgIpc) is 2.96. The molecule has 0 aromatic heterocycles. The van der Waals surface area contributed by atoms with Gasteiger partial charge in [-0.25, -0.2) is 0 Å². The van der Waals surface area contributed by atoms with Crippen LogP contribution in [0.15, 0.2) is 24.3 Å². The zero-order chi connectivity index (χ0) is 11.5. The third-order valence-electron chi connectivity index (χ3n) is 3.42. The van der Waals surface area contributed by atoms with Crippen molar-refractivity contribution in [1.29, 1.82) is 0 Å². The summed E-state index contributed by atoms with van der Waals surface area (Å²) in [5, 5.41) is 4.49. The molecule has 1 aromatic rings. The fourth-order valence-corrected chi connectivity index (χ4v) is 2.53. The van der Waals surface area contributed by atoms with Crippen molar-refractivity contribution in [2.24, 2.45) is 11.8 Å². The van der Waals surface area contributed by atoms with Crippen LogP contribution in [0.25, 0.3) is 0 Å². The predicted octanol–water partition coefficient (Wildman–Crippen LogP) is 4.04. The van der Waals surface area contributed by atoms with Crippen LogP contribution in [0.5, 0.6) is 0 Å². The molecule has 1 fully saturated rings. The minimum atomic E-state index is 0.494. The molecule has 0 heterocycles. The van der Waals surface area contributed by atoms with E-state index in [1.54, 1.807) is 0 Å². The zero-order valence-corrected chi connectivity index (χ0v) is 10.8. The van der Waals surface area contributed by atoms with Crippen molar-refractivity contribution in [3.8, 4) is 0 Å². The lowest BCUT2D eigenvalue weighted by atomic mass is 10.0. The lowest BCUT2D eigenvalue weighted by Crippen LogP contribution is -2.24. The Hall–Kier alpha value is -0.530. The van der Waals surface area contributed by atoms with Crippen LogP contribution >= 0.6 is 11.6 Å². The number of benzene rings is 1. The molecule has 1 nitrogen and oxygen atoms in total. The van der Waals surface area contributed by atoms with E-state index in [0.717, 1.165) is 23.4 Å². The molecule has 0 spiro atoms.